The zero-order chi connectivity index (χ0) is 21.9. The van der Waals surface area contributed by atoms with Gasteiger partial charge in [0, 0.05) is 60.6 Å². The number of rotatable bonds is 6. The van der Waals surface area contributed by atoms with Crippen LogP contribution >= 0.6 is 0 Å². The van der Waals surface area contributed by atoms with Crippen LogP contribution in [-0.2, 0) is 0 Å². The molecule has 1 aliphatic heterocycles. The van der Waals surface area contributed by atoms with E-state index in [0.717, 1.165) is 59.6 Å². The number of aromatic nitrogens is 1. The summed E-state index contributed by atoms with van der Waals surface area (Å²) < 4.78 is 5.39. The van der Waals surface area contributed by atoms with Gasteiger partial charge in [-0.05, 0) is 23.8 Å². The molecule has 4 aromatic rings. The Hall–Kier alpha value is -3.57. The number of benzene rings is 3. The number of para-hydroxylation sites is 1. The molecule has 2 heterocycles. The predicted molar refractivity (Wildman–Crippen MR) is 129 cm³/mol. The van der Waals surface area contributed by atoms with Gasteiger partial charge in [0.25, 0.3) is 0 Å². The van der Waals surface area contributed by atoms with E-state index in [1.165, 1.54) is 0 Å². The van der Waals surface area contributed by atoms with Gasteiger partial charge in [0.1, 0.15) is 5.75 Å². The number of hydrogen-bond donors (Lipinski definition) is 1. The van der Waals surface area contributed by atoms with Gasteiger partial charge in [-0.2, -0.15) is 0 Å². The number of piperazine rings is 1. The summed E-state index contributed by atoms with van der Waals surface area (Å²) in [5.41, 5.74) is 3.94. The third-order valence-electron chi connectivity index (χ3n) is 6.32. The third-order valence-corrected chi connectivity index (χ3v) is 6.32. The number of ketones is 1. The first-order valence-electron chi connectivity index (χ1n) is 11.0. The fourth-order valence-corrected chi connectivity index (χ4v) is 4.63. The number of ether oxygens (including phenoxy) is 1. The molecule has 0 saturated carbocycles. The van der Waals surface area contributed by atoms with Gasteiger partial charge in [0.2, 0.25) is 0 Å². The monoisotopic (exact) mass is 425 g/mol. The predicted octanol–water partition coefficient (Wildman–Crippen LogP) is 4.92. The molecular weight excluding hydrogens is 398 g/mol. The Morgan fingerprint density at radius 2 is 1.66 bits per heavy atom. The zero-order valence-electron chi connectivity index (χ0n) is 18.2. The zero-order valence-corrected chi connectivity index (χ0v) is 18.2. The number of Topliss-reactive ketones (excluding diaryl/α,β-unsaturated/α-hetero) is 1. The number of methoxy groups -OCH3 is 1. The van der Waals surface area contributed by atoms with Crippen LogP contribution in [0.2, 0.25) is 0 Å². The molecule has 0 radical (unpaired) electrons. The molecule has 1 aliphatic rings. The molecule has 1 N–H and O–H groups in total. The van der Waals surface area contributed by atoms with Gasteiger partial charge in [-0.3, -0.25) is 9.69 Å². The molecular formula is C27H27N3O2. The summed E-state index contributed by atoms with van der Waals surface area (Å²) in [5.74, 6) is 1.00. The van der Waals surface area contributed by atoms with Gasteiger partial charge < -0.3 is 14.6 Å². The van der Waals surface area contributed by atoms with Crippen molar-refractivity contribution in [2.45, 2.75) is 6.04 Å². The maximum absolute atomic E-state index is 13.9. The van der Waals surface area contributed by atoms with Crippen LogP contribution in [0.1, 0.15) is 22.0 Å². The van der Waals surface area contributed by atoms with Crippen molar-refractivity contribution in [3.05, 3.63) is 96.2 Å². The molecule has 32 heavy (non-hydrogen) atoms. The molecule has 5 rings (SSSR count). The summed E-state index contributed by atoms with van der Waals surface area (Å²) in [6.45, 7) is 3.34. The smallest absolute Gasteiger partial charge is 0.186 e. The Balaban J connectivity index is 1.42. The average molecular weight is 426 g/mol. The molecule has 1 atom stereocenters. The molecule has 0 amide bonds. The number of H-pyrrole nitrogens is 1. The highest BCUT2D eigenvalue weighted by atomic mass is 16.5. The van der Waals surface area contributed by atoms with Crippen molar-refractivity contribution >= 4 is 22.4 Å². The highest BCUT2D eigenvalue weighted by Gasteiger charge is 2.32. The number of fused-ring (bicyclic) bond motifs is 1. The van der Waals surface area contributed by atoms with Gasteiger partial charge in [-0.25, -0.2) is 0 Å². The minimum Gasteiger partial charge on any atom is -0.497 e. The Morgan fingerprint density at radius 3 is 2.44 bits per heavy atom. The molecule has 0 aliphatic carbocycles. The molecule has 0 spiro atoms. The van der Waals surface area contributed by atoms with Crippen LogP contribution in [0.25, 0.3) is 10.9 Å². The first kappa shape index (κ1) is 20.3. The van der Waals surface area contributed by atoms with Crippen molar-refractivity contribution in [1.29, 1.82) is 0 Å². The number of anilines is 1. The Morgan fingerprint density at radius 1 is 0.906 bits per heavy atom. The van der Waals surface area contributed by atoms with Gasteiger partial charge in [0.05, 0.1) is 13.2 Å². The molecule has 5 nitrogen and oxygen atoms in total. The fraction of sp³-hybridized carbons (Fsp3) is 0.222. The van der Waals surface area contributed by atoms with Crippen molar-refractivity contribution in [1.82, 2.24) is 9.88 Å². The second-order valence-electron chi connectivity index (χ2n) is 8.15. The van der Waals surface area contributed by atoms with E-state index >= 15 is 0 Å². The van der Waals surface area contributed by atoms with Crippen molar-refractivity contribution in [2.24, 2.45) is 0 Å². The van der Waals surface area contributed by atoms with E-state index in [0.29, 0.717) is 0 Å². The fourth-order valence-electron chi connectivity index (χ4n) is 4.63. The Kier molecular flexibility index (Phi) is 5.65. The molecule has 1 fully saturated rings. The van der Waals surface area contributed by atoms with Crippen molar-refractivity contribution < 1.29 is 9.53 Å². The van der Waals surface area contributed by atoms with Gasteiger partial charge >= 0.3 is 0 Å². The molecule has 0 unspecified atom stereocenters. The summed E-state index contributed by atoms with van der Waals surface area (Å²) in [6, 6.07) is 26.0. The topological polar surface area (TPSA) is 48.6 Å². The SMILES string of the molecule is COc1cccc(N2CCN([C@H](C(=O)c3c[nH]c4ccccc34)c3ccccc3)CC2)c1. The van der Waals surface area contributed by atoms with E-state index in [2.05, 4.69) is 39.0 Å². The quantitative estimate of drug-likeness (QED) is 0.446. The summed E-state index contributed by atoms with van der Waals surface area (Å²) in [7, 11) is 1.69. The highest BCUT2D eigenvalue weighted by molar-refractivity contribution is 6.10. The lowest BCUT2D eigenvalue weighted by Gasteiger charge is -2.40. The largest absolute Gasteiger partial charge is 0.497 e. The molecule has 1 saturated heterocycles. The highest BCUT2D eigenvalue weighted by Crippen LogP contribution is 2.31. The standard InChI is InChI=1S/C27H27N3O2/c1-32-22-11-7-10-21(18-22)29-14-16-30(17-15-29)26(20-8-3-2-4-9-20)27(31)24-19-28-25-13-6-5-12-23(24)25/h2-13,18-19,26,28H,14-17H2,1H3/t26-/m0/s1. The van der Waals surface area contributed by atoms with Crippen LogP contribution in [0.5, 0.6) is 5.75 Å². The third kappa shape index (κ3) is 3.87. The van der Waals surface area contributed by atoms with Crippen molar-refractivity contribution in [3.63, 3.8) is 0 Å². The molecule has 0 bridgehead atoms. The number of nitrogens with zero attached hydrogens (tertiary/aromatic N) is 2. The summed E-state index contributed by atoms with van der Waals surface area (Å²) in [5, 5.41) is 0.980. The lowest BCUT2D eigenvalue weighted by Crippen LogP contribution is -2.49. The van der Waals surface area contributed by atoms with E-state index in [9.17, 15) is 4.79 Å². The van der Waals surface area contributed by atoms with Crippen LogP contribution in [-0.4, -0.2) is 49.0 Å². The maximum Gasteiger partial charge on any atom is 0.186 e. The van der Waals surface area contributed by atoms with Crippen LogP contribution in [0.15, 0.2) is 85.1 Å². The number of carbonyl (C=O) groups excluding carboxylic acids is 1. The maximum atomic E-state index is 13.9. The summed E-state index contributed by atoms with van der Waals surface area (Å²) in [6.07, 6.45) is 1.86. The average Bonchev–Trinajstić information content (AvgIpc) is 3.30. The Labute approximate surface area is 188 Å². The number of nitrogens with one attached hydrogen (secondary N) is 1. The van der Waals surface area contributed by atoms with Crippen LogP contribution < -0.4 is 9.64 Å². The Bertz CT molecular complexity index is 1210. The summed E-state index contributed by atoms with van der Waals surface area (Å²) in [4.78, 5) is 21.8. The van der Waals surface area contributed by atoms with Gasteiger partial charge in [-0.1, -0.05) is 54.6 Å². The van der Waals surface area contributed by atoms with Gasteiger partial charge in [0.15, 0.2) is 5.78 Å². The van der Waals surface area contributed by atoms with E-state index in [4.69, 9.17) is 4.74 Å². The first-order valence-corrected chi connectivity index (χ1v) is 11.0. The van der Waals surface area contributed by atoms with Crippen LogP contribution in [0.4, 0.5) is 5.69 Å². The number of hydrogen-bond acceptors (Lipinski definition) is 4. The number of aromatic amines is 1. The van der Waals surface area contributed by atoms with Crippen molar-refractivity contribution in [3.8, 4) is 5.75 Å². The molecule has 162 valence electrons. The second kappa shape index (κ2) is 8.89. The lowest BCUT2D eigenvalue weighted by molar-refractivity contribution is 0.0808. The first-order chi connectivity index (χ1) is 15.7. The van der Waals surface area contributed by atoms with Crippen LogP contribution in [0.3, 0.4) is 0 Å². The second-order valence-corrected chi connectivity index (χ2v) is 8.15. The van der Waals surface area contributed by atoms with E-state index in [1.807, 2.05) is 60.8 Å². The van der Waals surface area contributed by atoms with Gasteiger partial charge in [-0.15, -0.1) is 0 Å². The molecule has 5 heteroatoms. The lowest BCUT2D eigenvalue weighted by atomic mass is 9.95. The van der Waals surface area contributed by atoms with E-state index in [1.54, 1.807) is 7.11 Å². The minimum absolute atomic E-state index is 0.142. The van der Waals surface area contributed by atoms with Crippen molar-refractivity contribution in [2.75, 3.05) is 38.2 Å². The molecule has 3 aromatic carbocycles. The molecule has 1 aromatic heterocycles. The number of carbonyl (C=O) groups is 1. The minimum atomic E-state index is -0.303. The normalized spacial score (nSPS) is 15.6. The van der Waals surface area contributed by atoms with E-state index in [-0.39, 0.29) is 11.8 Å². The van der Waals surface area contributed by atoms with E-state index < -0.39 is 0 Å². The summed E-state index contributed by atoms with van der Waals surface area (Å²) >= 11 is 0. The van der Waals surface area contributed by atoms with Crippen LogP contribution in [0, 0.1) is 0 Å².